The van der Waals surface area contributed by atoms with Crippen molar-refractivity contribution in [2.24, 2.45) is 5.73 Å². The summed E-state index contributed by atoms with van der Waals surface area (Å²) in [6.07, 6.45) is 5.82. The van der Waals surface area contributed by atoms with E-state index in [1.807, 2.05) is 0 Å². The third kappa shape index (κ3) is 55.1. The SMILES string of the molecule is C.C.C1CC1.CCC(=O)O.CCCN.O=C([O-])CN1CC1. The number of aliphatic carboxylic acids is 2. The van der Waals surface area contributed by atoms with Gasteiger partial charge in [0.2, 0.25) is 0 Å². The maximum atomic E-state index is 9.70. The number of carboxylic acids is 2. The number of carboxylic acid groups (broad SMARTS) is 2. The number of hydrogen-bond acceptors (Lipinski definition) is 5. The van der Waals surface area contributed by atoms with Crippen LogP contribution in [-0.2, 0) is 9.59 Å². The van der Waals surface area contributed by atoms with Gasteiger partial charge in [0.1, 0.15) is 0 Å². The van der Waals surface area contributed by atoms with Gasteiger partial charge in [-0.3, -0.25) is 9.69 Å². The second-order valence-corrected chi connectivity index (χ2v) is 4.24. The highest BCUT2D eigenvalue weighted by Gasteiger charge is 2.15. The molecule has 2 rings (SSSR count). The average Bonchev–Trinajstić information content (AvgIpc) is 3.19. The molecule has 2 aliphatic rings. The van der Waals surface area contributed by atoms with Crippen molar-refractivity contribution in [1.82, 2.24) is 4.90 Å². The Hall–Kier alpha value is -1.14. The van der Waals surface area contributed by atoms with Crippen LogP contribution in [-0.4, -0.2) is 48.1 Å². The summed E-state index contributed by atoms with van der Waals surface area (Å²) in [6.45, 7) is 6.43. The summed E-state index contributed by atoms with van der Waals surface area (Å²) in [4.78, 5) is 20.9. The molecule has 1 saturated carbocycles. The van der Waals surface area contributed by atoms with E-state index in [-0.39, 0.29) is 27.8 Å². The molecule has 130 valence electrons. The normalized spacial score (nSPS) is 13.1. The quantitative estimate of drug-likeness (QED) is 0.759. The molecule has 21 heavy (non-hydrogen) atoms. The zero-order valence-corrected chi connectivity index (χ0v) is 12.1. The number of nitrogens with zero attached hydrogens (tertiary/aromatic N) is 1. The second-order valence-electron chi connectivity index (χ2n) is 4.24. The minimum atomic E-state index is -0.975. The zero-order chi connectivity index (χ0) is 15.1. The second kappa shape index (κ2) is 21.2. The van der Waals surface area contributed by atoms with E-state index in [1.165, 1.54) is 19.3 Å². The van der Waals surface area contributed by atoms with Crippen molar-refractivity contribution in [1.29, 1.82) is 0 Å². The van der Waals surface area contributed by atoms with Crippen LogP contribution in [0, 0.1) is 0 Å². The zero-order valence-electron chi connectivity index (χ0n) is 12.1. The Kier molecular flexibility index (Phi) is 28.3. The monoisotopic (exact) mass is 307 g/mol. The van der Waals surface area contributed by atoms with Crippen molar-refractivity contribution in [3.8, 4) is 0 Å². The van der Waals surface area contributed by atoms with Gasteiger partial charge < -0.3 is 20.7 Å². The predicted octanol–water partition coefficient (Wildman–Crippen LogP) is 1.33. The lowest BCUT2D eigenvalue weighted by Crippen LogP contribution is -2.29. The molecule has 2 fully saturated rings. The lowest BCUT2D eigenvalue weighted by atomic mass is 10.5. The molecule has 6 nitrogen and oxygen atoms in total. The first kappa shape index (κ1) is 28.1. The standard InChI is InChI=1S/C4H7NO2.C3H9N.C3H6O2.C3H6.2CH4/c6-4(7)3-5-1-2-5;1-2-3-4;1-2-3(4)5;1-2-3-1;;/h1-3H2,(H,6,7);2-4H2,1H3;2H2,1H3,(H,4,5);1-3H2;2*1H4/p-1. The fourth-order valence-corrected chi connectivity index (χ4v) is 0.411. The summed E-state index contributed by atoms with van der Waals surface area (Å²) in [5, 5.41) is 17.4. The molecule has 0 spiro atoms. The fourth-order valence-electron chi connectivity index (χ4n) is 0.411. The molecule has 0 radical (unpaired) electrons. The van der Waals surface area contributed by atoms with Gasteiger partial charge in [-0.2, -0.15) is 0 Å². The molecule has 1 aliphatic heterocycles. The number of rotatable bonds is 4. The molecule has 0 aromatic rings. The van der Waals surface area contributed by atoms with E-state index in [2.05, 4.69) is 6.92 Å². The van der Waals surface area contributed by atoms with Crippen LogP contribution in [0.1, 0.15) is 60.8 Å². The molecule has 3 N–H and O–H groups in total. The van der Waals surface area contributed by atoms with Crippen molar-refractivity contribution in [3.05, 3.63) is 0 Å². The summed E-state index contributed by atoms with van der Waals surface area (Å²) in [5.74, 6) is -1.72. The van der Waals surface area contributed by atoms with Crippen molar-refractivity contribution in [2.45, 2.75) is 60.8 Å². The molecule has 0 amide bonds. The lowest BCUT2D eigenvalue weighted by molar-refractivity contribution is -0.305. The Morgan fingerprint density at radius 1 is 1.14 bits per heavy atom. The van der Waals surface area contributed by atoms with Gasteiger partial charge >= 0.3 is 5.97 Å². The van der Waals surface area contributed by atoms with Crippen LogP contribution in [0.5, 0.6) is 0 Å². The van der Waals surface area contributed by atoms with Gasteiger partial charge in [-0.15, -0.1) is 0 Å². The van der Waals surface area contributed by atoms with Crippen LogP contribution in [0.4, 0.5) is 0 Å². The topological polar surface area (TPSA) is 106 Å². The minimum Gasteiger partial charge on any atom is -0.549 e. The highest BCUT2D eigenvalue weighted by molar-refractivity contribution is 5.67. The molecule has 1 heterocycles. The Morgan fingerprint density at radius 3 is 1.52 bits per heavy atom. The van der Waals surface area contributed by atoms with Crippen LogP contribution in [0.25, 0.3) is 0 Å². The molecule has 0 aromatic heterocycles. The smallest absolute Gasteiger partial charge is 0.303 e. The van der Waals surface area contributed by atoms with Gasteiger partial charge in [-0.05, 0) is 13.0 Å². The van der Waals surface area contributed by atoms with Gasteiger partial charge in [-0.25, -0.2) is 0 Å². The third-order valence-corrected chi connectivity index (χ3v) is 1.84. The van der Waals surface area contributed by atoms with Crippen molar-refractivity contribution >= 4 is 11.9 Å². The maximum absolute atomic E-state index is 9.70. The van der Waals surface area contributed by atoms with E-state index in [0.29, 0.717) is 0 Å². The van der Waals surface area contributed by atoms with Crippen LogP contribution >= 0.6 is 0 Å². The van der Waals surface area contributed by atoms with E-state index in [1.54, 1.807) is 11.8 Å². The molecular formula is C15H35N2O4-. The van der Waals surface area contributed by atoms with Crippen LogP contribution in [0.2, 0.25) is 0 Å². The summed E-state index contributed by atoms with van der Waals surface area (Å²) >= 11 is 0. The first-order valence-corrected chi connectivity index (χ1v) is 6.81. The summed E-state index contributed by atoms with van der Waals surface area (Å²) in [6, 6.07) is 0. The number of hydrogen-bond donors (Lipinski definition) is 2. The Labute approximate surface area is 130 Å². The van der Waals surface area contributed by atoms with Crippen molar-refractivity contribution in [3.63, 3.8) is 0 Å². The summed E-state index contributed by atoms with van der Waals surface area (Å²) in [7, 11) is 0. The van der Waals surface area contributed by atoms with Gasteiger partial charge in [-0.1, -0.05) is 48.0 Å². The third-order valence-electron chi connectivity index (χ3n) is 1.84. The largest absolute Gasteiger partial charge is 0.549 e. The Morgan fingerprint density at radius 2 is 1.48 bits per heavy atom. The molecule has 1 aliphatic carbocycles. The van der Waals surface area contributed by atoms with Gasteiger partial charge in [0, 0.05) is 26.1 Å². The molecule has 1 saturated heterocycles. The fraction of sp³-hybridized carbons (Fsp3) is 0.867. The molecule has 0 bridgehead atoms. The predicted molar refractivity (Wildman–Crippen MR) is 86.0 cm³/mol. The van der Waals surface area contributed by atoms with Gasteiger partial charge in [0.25, 0.3) is 0 Å². The van der Waals surface area contributed by atoms with E-state index in [4.69, 9.17) is 10.8 Å². The highest BCUT2D eigenvalue weighted by Crippen LogP contribution is 2.14. The molecular weight excluding hydrogens is 272 g/mol. The minimum absolute atomic E-state index is 0. The number of nitrogens with two attached hydrogens (primary N) is 1. The van der Waals surface area contributed by atoms with E-state index in [0.717, 1.165) is 26.1 Å². The van der Waals surface area contributed by atoms with Crippen LogP contribution < -0.4 is 10.8 Å². The maximum Gasteiger partial charge on any atom is 0.303 e. The highest BCUT2D eigenvalue weighted by atomic mass is 16.4. The Balaban J connectivity index is -0.0000000929. The van der Waals surface area contributed by atoms with E-state index < -0.39 is 11.9 Å². The van der Waals surface area contributed by atoms with E-state index >= 15 is 0 Å². The number of carbonyl (C=O) groups excluding carboxylic acids is 1. The van der Waals surface area contributed by atoms with Crippen LogP contribution in [0.15, 0.2) is 0 Å². The number of carbonyl (C=O) groups is 2. The Bertz CT molecular complexity index is 225. The first-order valence-electron chi connectivity index (χ1n) is 6.81. The molecule has 0 aromatic carbocycles. The van der Waals surface area contributed by atoms with Crippen molar-refractivity contribution < 1.29 is 19.8 Å². The van der Waals surface area contributed by atoms with E-state index in [9.17, 15) is 14.7 Å². The summed E-state index contributed by atoms with van der Waals surface area (Å²) in [5.41, 5.74) is 5.03. The lowest BCUT2D eigenvalue weighted by Gasteiger charge is -1.97. The molecule has 0 atom stereocenters. The van der Waals surface area contributed by atoms with Gasteiger partial charge in [0.05, 0.1) is 5.97 Å². The van der Waals surface area contributed by atoms with Crippen molar-refractivity contribution in [2.75, 3.05) is 26.2 Å². The molecule has 6 heteroatoms. The first-order chi connectivity index (χ1) is 8.97. The average molecular weight is 307 g/mol. The van der Waals surface area contributed by atoms with Crippen LogP contribution in [0.3, 0.4) is 0 Å². The van der Waals surface area contributed by atoms with Gasteiger partial charge in [0.15, 0.2) is 0 Å². The molecule has 0 unspecified atom stereocenters. The summed E-state index contributed by atoms with van der Waals surface area (Å²) < 4.78 is 0.